The van der Waals surface area contributed by atoms with Gasteiger partial charge in [0.25, 0.3) is 5.09 Å². The minimum absolute atomic E-state index is 0.0978. The summed E-state index contributed by atoms with van der Waals surface area (Å²) < 4.78 is 35.7. The predicted octanol–water partition coefficient (Wildman–Crippen LogP) is 1.96. The maximum atomic E-state index is 12.4. The van der Waals surface area contributed by atoms with Crippen LogP contribution in [-0.2, 0) is 10.1 Å². The first-order valence-electron chi connectivity index (χ1n) is 8.70. The van der Waals surface area contributed by atoms with Crippen molar-refractivity contribution in [3.63, 3.8) is 0 Å². The zero-order valence-electron chi connectivity index (χ0n) is 16.8. The molecule has 5 N–H and O–H groups in total. The highest BCUT2D eigenvalue weighted by atomic mass is 32.2. The third-order valence-corrected chi connectivity index (χ3v) is 4.54. The molecule has 0 aliphatic carbocycles. The van der Waals surface area contributed by atoms with Crippen molar-refractivity contribution in [3.05, 3.63) is 63.7 Å². The van der Waals surface area contributed by atoms with Crippen molar-refractivity contribution >= 4 is 22.3 Å². The third kappa shape index (κ3) is 10.5. The molecule has 2 rings (SSSR count). The van der Waals surface area contributed by atoms with E-state index in [0.29, 0.717) is 18.8 Å². The number of rotatable bonds is 8. The fraction of sp³-hybridized carbons (Fsp3) is 0.222. The molecule has 0 spiro atoms. The Morgan fingerprint density at radius 1 is 1.26 bits per heavy atom. The number of ether oxygens (including phenoxy) is 1. The summed E-state index contributed by atoms with van der Waals surface area (Å²) in [4.78, 5) is 8.46. The topological polar surface area (TPSA) is 190 Å². The Hall–Kier alpha value is -3.87. The molecule has 0 fully saturated rings. The number of hydrogen-bond acceptors (Lipinski definition) is 8. The van der Waals surface area contributed by atoms with Gasteiger partial charge < -0.3 is 19.9 Å². The molecule has 168 valence electrons. The number of nitrogens with zero attached hydrogens (tertiary/aromatic N) is 2. The molecule has 0 aliphatic rings. The van der Waals surface area contributed by atoms with E-state index in [9.17, 15) is 8.42 Å². The molecule has 0 heterocycles. The third-order valence-electron chi connectivity index (χ3n) is 3.30. The number of hydrazone groups is 1. The zero-order valence-corrected chi connectivity index (χ0v) is 17.6. The average molecular weight is 453 g/mol. The van der Waals surface area contributed by atoms with Crippen molar-refractivity contribution in [2.24, 2.45) is 10.8 Å². The van der Waals surface area contributed by atoms with E-state index in [1.54, 1.807) is 24.3 Å². The van der Waals surface area contributed by atoms with Crippen molar-refractivity contribution in [1.82, 2.24) is 5.43 Å². The SMILES string of the molecule is Cc1cc(OCCC=NNC(=N)N)cc(OS(=O)(=O)c2cccc(C)c2)c1.O=[N+]([O-])O. The Bertz CT molecular complexity index is 1040. The van der Waals surface area contributed by atoms with Gasteiger partial charge in [0.15, 0.2) is 0 Å². The summed E-state index contributed by atoms with van der Waals surface area (Å²) in [5.41, 5.74) is 9.02. The van der Waals surface area contributed by atoms with Crippen LogP contribution < -0.4 is 20.1 Å². The van der Waals surface area contributed by atoms with Gasteiger partial charge in [0, 0.05) is 18.7 Å². The highest BCUT2D eigenvalue weighted by molar-refractivity contribution is 7.87. The monoisotopic (exact) mass is 453 g/mol. The fourth-order valence-electron chi connectivity index (χ4n) is 2.20. The Morgan fingerprint density at radius 3 is 2.52 bits per heavy atom. The second kappa shape index (κ2) is 12.0. The highest BCUT2D eigenvalue weighted by Gasteiger charge is 2.17. The van der Waals surface area contributed by atoms with Crippen LogP contribution in [0.15, 0.2) is 52.5 Å². The van der Waals surface area contributed by atoms with Crippen molar-refractivity contribution in [2.45, 2.75) is 25.2 Å². The van der Waals surface area contributed by atoms with Gasteiger partial charge in [0.05, 0.1) is 6.61 Å². The number of hydrogen-bond donors (Lipinski definition) is 4. The molecule has 2 aromatic rings. The lowest BCUT2D eigenvalue weighted by Gasteiger charge is -2.11. The minimum atomic E-state index is -3.93. The first-order chi connectivity index (χ1) is 14.5. The van der Waals surface area contributed by atoms with Crippen molar-refractivity contribution < 1.29 is 27.6 Å². The molecule has 2 aromatic carbocycles. The second-order valence-electron chi connectivity index (χ2n) is 6.05. The largest absolute Gasteiger partial charge is 0.493 e. The lowest BCUT2D eigenvalue weighted by Crippen LogP contribution is -2.25. The summed E-state index contributed by atoms with van der Waals surface area (Å²) in [5.74, 6) is 0.415. The lowest BCUT2D eigenvalue weighted by molar-refractivity contribution is -0.742. The molecule has 0 saturated carbocycles. The van der Waals surface area contributed by atoms with E-state index in [2.05, 4.69) is 10.5 Å². The normalized spacial score (nSPS) is 10.6. The van der Waals surface area contributed by atoms with E-state index in [1.165, 1.54) is 18.3 Å². The summed E-state index contributed by atoms with van der Waals surface area (Å²) in [5, 5.41) is 24.3. The first-order valence-corrected chi connectivity index (χ1v) is 10.1. The van der Waals surface area contributed by atoms with Gasteiger partial charge in [-0.3, -0.25) is 5.41 Å². The van der Waals surface area contributed by atoms with Gasteiger partial charge in [-0.05, 0) is 49.2 Å². The van der Waals surface area contributed by atoms with Crippen LogP contribution in [-0.4, -0.2) is 37.5 Å². The van der Waals surface area contributed by atoms with Gasteiger partial charge in [0.1, 0.15) is 16.4 Å². The summed E-state index contributed by atoms with van der Waals surface area (Å²) in [6, 6.07) is 11.4. The van der Waals surface area contributed by atoms with Crippen molar-refractivity contribution in [2.75, 3.05) is 6.61 Å². The van der Waals surface area contributed by atoms with Crippen LogP contribution in [0, 0.1) is 29.4 Å². The smallest absolute Gasteiger partial charge is 0.339 e. The molecule has 0 aromatic heterocycles. The number of aryl methyl sites for hydroxylation is 2. The Balaban J connectivity index is 0.00000110. The Labute approximate surface area is 179 Å². The molecule has 0 aliphatic heterocycles. The lowest BCUT2D eigenvalue weighted by atomic mass is 10.2. The molecule has 0 amide bonds. The van der Waals surface area contributed by atoms with Gasteiger partial charge in [-0.25, -0.2) is 5.43 Å². The maximum absolute atomic E-state index is 12.4. The van der Waals surface area contributed by atoms with Crippen LogP contribution in [0.25, 0.3) is 0 Å². The minimum Gasteiger partial charge on any atom is -0.493 e. The Kier molecular flexibility index (Phi) is 9.72. The molecule has 0 bridgehead atoms. The van der Waals surface area contributed by atoms with E-state index in [4.69, 9.17) is 35.4 Å². The fourth-order valence-corrected chi connectivity index (χ4v) is 3.22. The van der Waals surface area contributed by atoms with E-state index in [-0.39, 0.29) is 16.6 Å². The number of nitrogens with one attached hydrogen (secondary N) is 2. The first kappa shape index (κ1) is 25.2. The Morgan fingerprint density at radius 2 is 1.90 bits per heavy atom. The summed E-state index contributed by atoms with van der Waals surface area (Å²) in [7, 11) is -3.93. The molecule has 0 unspecified atom stereocenters. The van der Waals surface area contributed by atoms with Crippen LogP contribution in [0.4, 0.5) is 0 Å². The number of nitrogens with two attached hydrogens (primary N) is 1. The quantitative estimate of drug-likeness (QED) is 0.115. The van der Waals surface area contributed by atoms with Crippen LogP contribution in [0.2, 0.25) is 0 Å². The molecule has 12 nitrogen and oxygen atoms in total. The summed E-state index contributed by atoms with van der Waals surface area (Å²) in [6.07, 6.45) is 2.00. The van der Waals surface area contributed by atoms with Crippen molar-refractivity contribution in [1.29, 1.82) is 5.41 Å². The second-order valence-corrected chi connectivity index (χ2v) is 7.59. The standard InChI is InChI=1S/C18H22N4O4S.HNO3/c1-13-5-3-6-17(11-13)27(23,24)26-16-10-14(2)9-15(12-16)25-8-4-7-21-22-18(19)20;2-1(3)4/h3,5-7,9-12H,4,8H2,1-2H3,(H4,19,20,22);(H,2,3,4). The van der Waals surface area contributed by atoms with Crippen LogP contribution in [0.3, 0.4) is 0 Å². The molecule has 0 saturated heterocycles. The van der Waals surface area contributed by atoms with Crippen molar-refractivity contribution in [3.8, 4) is 11.5 Å². The van der Waals surface area contributed by atoms with Gasteiger partial charge in [0.2, 0.25) is 5.96 Å². The molecular formula is C18H23N5O7S. The van der Waals surface area contributed by atoms with E-state index < -0.39 is 15.2 Å². The van der Waals surface area contributed by atoms with E-state index in [0.717, 1.165) is 11.1 Å². The predicted molar refractivity (Wildman–Crippen MR) is 113 cm³/mol. The number of benzene rings is 2. The van der Waals surface area contributed by atoms with E-state index in [1.807, 2.05) is 19.9 Å². The van der Waals surface area contributed by atoms with Gasteiger partial charge in [-0.1, -0.05) is 12.1 Å². The molecule has 13 heteroatoms. The molecule has 0 atom stereocenters. The molecular weight excluding hydrogens is 430 g/mol. The average Bonchev–Trinajstić information content (AvgIpc) is 2.63. The summed E-state index contributed by atoms with van der Waals surface area (Å²) in [6.45, 7) is 3.95. The van der Waals surface area contributed by atoms with Gasteiger partial charge >= 0.3 is 10.1 Å². The zero-order chi connectivity index (χ0) is 23.4. The van der Waals surface area contributed by atoms with Crippen LogP contribution in [0.1, 0.15) is 17.5 Å². The van der Waals surface area contributed by atoms with Crippen LogP contribution in [0.5, 0.6) is 11.5 Å². The van der Waals surface area contributed by atoms with Gasteiger partial charge in [-0.15, -0.1) is 10.1 Å². The van der Waals surface area contributed by atoms with E-state index >= 15 is 0 Å². The molecule has 31 heavy (non-hydrogen) atoms. The maximum Gasteiger partial charge on any atom is 0.339 e. The van der Waals surface area contributed by atoms with Crippen LogP contribution >= 0.6 is 0 Å². The van der Waals surface area contributed by atoms with Gasteiger partial charge in [-0.2, -0.15) is 13.5 Å². The number of guanidine groups is 1. The molecule has 0 radical (unpaired) electrons. The highest BCUT2D eigenvalue weighted by Crippen LogP contribution is 2.26. The summed E-state index contributed by atoms with van der Waals surface area (Å²) >= 11 is 0.